The number of methoxy groups -OCH3 is 1. The van der Waals surface area contributed by atoms with Crippen LogP contribution in [-0.2, 0) is 16.6 Å². The van der Waals surface area contributed by atoms with Crippen molar-refractivity contribution in [3.05, 3.63) is 67.5 Å². The van der Waals surface area contributed by atoms with Gasteiger partial charge in [-0.1, -0.05) is 24.8 Å². The monoisotopic (exact) mass is 584 g/mol. The number of nitrogens with zero attached hydrogens (tertiary/aromatic N) is 3. The van der Waals surface area contributed by atoms with Crippen LogP contribution in [0.4, 0.5) is 22.1 Å². The highest BCUT2D eigenvalue weighted by Crippen LogP contribution is 2.41. The Balaban J connectivity index is 1.40. The standard InChI is InChI=1S/C32H36N6O5/c1-7-28(39)34-24-16-23(26(41-6)17-27(24)42-19-32(13-14-32)37-30(40)43-31(2,3)4)36-29-33-15-12-22(35-29)21-18-38(5)25-11-9-8-10-20(21)25/h7-12,15-18H,1,13-14,19H2,2-6H3,(H,34,39)(H,37,40)(H,33,35,36). The van der Waals surface area contributed by atoms with E-state index in [9.17, 15) is 9.59 Å². The number of benzene rings is 2. The van der Waals surface area contributed by atoms with Crippen molar-refractivity contribution >= 4 is 40.2 Å². The zero-order chi connectivity index (χ0) is 30.8. The molecule has 3 N–H and O–H groups in total. The minimum absolute atomic E-state index is 0.176. The van der Waals surface area contributed by atoms with Crippen LogP contribution in [-0.4, -0.2) is 51.4 Å². The quantitative estimate of drug-likeness (QED) is 0.195. The Morgan fingerprint density at radius 3 is 2.58 bits per heavy atom. The molecule has 1 fully saturated rings. The topological polar surface area (TPSA) is 129 Å². The fraction of sp³-hybridized carbons (Fsp3) is 0.312. The molecule has 224 valence electrons. The van der Waals surface area contributed by atoms with Gasteiger partial charge in [0.25, 0.3) is 0 Å². The number of rotatable bonds is 10. The van der Waals surface area contributed by atoms with Gasteiger partial charge in [0.05, 0.1) is 29.7 Å². The number of nitrogens with one attached hydrogen (secondary N) is 3. The average Bonchev–Trinajstić information content (AvgIpc) is 3.64. The Morgan fingerprint density at radius 1 is 1.12 bits per heavy atom. The summed E-state index contributed by atoms with van der Waals surface area (Å²) < 4.78 is 19.3. The van der Waals surface area contributed by atoms with E-state index in [4.69, 9.17) is 19.2 Å². The molecule has 0 radical (unpaired) electrons. The van der Waals surface area contributed by atoms with Gasteiger partial charge in [-0.25, -0.2) is 14.8 Å². The van der Waals surface area contributed by atoms with Crippen molar-refractivity contribution in [1.29, 1.82) is 0 Å². The Bertz CT molecular complexity index is 1690. The second-order valence-electron chi connectivity index (χ2n) is 11.5. The number of ether oxygens (including phenoxy) is 3. The second kappa shape index (κ2) is 11.7. The maximum atomic E-state index is 12.4. The van der Waals surface area contributed by atoms with Crippen LogP contribution in [0.1, 0.15) is 33.6 Å². The van der Waals surface area contributed by atoms with Crippen LogP contribution in [0.25, 0.3) is 22.2 Å². The third kappa shape index (κ3) is 6.88. The highest BCUT2D eigenvalue weighted by molar-refractivity contribution is 6.00. The van der Waals surface area contributed by atoms with Crippen molar-refractivity contribution in [2.24, 2.45) is 7.05 Å². The van der Waals surface area contributed by atoms with Gasteiger partial charge in [0.15, 0.2) is 0 Å². The summed E-state index contributed by atoms with van der Waals surface area (Å²) in [6.07, 6.45) is 5.87. The van der Waals surface area contributed by atoms with Crippen LogP contribution in [0.5, 0.6) is 11.5 Å². The third-order valence-electron chi connectivity index (χ3n) is 6.94. The SMILES string of the molecule is C=CC(=O)Nc1cc(Nc2nccc(-c3cn(C)c4ccccc34)n2)c(OC)cc1OCC1(NC(=O)OC(C)(C)C)CC1. The summed E-state index contributed by atoms with van der Waals surface area (Å²) in [5, 5.41) is 10.0. The largest absolute Gasteiger partial charge is 0.494 e. The fourth-order valence-corrected chi connectivity index (χ4v) is 4.66. The number of amides is 2. The third-order valence-corrected chi connectivity index (χ3v) is 6.94. The Morgan fingerprint density at radius 2 is 1.88 bits per heavy atom. The molecule has 2 aromatic heterocycles. The summed E-state index contributed by atoms with van der Waals surface area (Å²) in [5.74, 6) is 0.732. The molecule has 1 aliphatic carbocycles. The lowest BCUT2D eigenvalue weighted by Gasteiger charge is -2.24. The maximum absolute atomic E-state index is 12.4. The highest BCUT2D eigenvalue weighted by atomic mass is 16.6. The Kier molecular flexibility index (Phi) is 7.99. The minimum Gasteiger partial charge on any atom is -0.494 e. The fourth-order valence-electron chi connectivity index (χ4n) is 4.66. The summed E-state index contributed by atoms with van der Waals surface area (Å²) in [7, 11) is 3.53. The molecule has 0 saturated heterocycles. The predicted octanol–water partition coefficient (Wildman–Crippen LogP) is 5.95. The molecule has 5 rings (SSSR count). The maximum Gasteiger partial charge on any atom is 0.408 e. The number of anilines is 3. The number of para-hydroxylation sites is 1. The van der Waals surface area contributed by atoms with Crippen LogP contribution in [0.15, 0.2) is 67.5 Å². The molecule has 11 nitrogen and oxygen atoms in total. The van der Waals surface area contributed by atoms with Gasteiger partial charge >= 0.3 is 6.09 Å². The van der Waals surface area contributed by atoms with E-state index in [1.165, 1.54) is 13.2 Å². The van der Waals surface area contributed by atoms with Gasteiger partial charge in [-0.2, -0.15) is 0 Å². The summed E-state index contributed by atoms with van der Waals surface area (Å²) in [6, 6.07) is 13.3. The van der Waals surface area contributed by atoms with Crippen molar-refractivity contribution < 1.29 is 23.8 Å². The van der Waals surface area contributed by atoms with E-state index in [1.54, 1.807) is 18.3 Å². The van der Waals surface area contributed by atoms with Gasteiger partial charge in [0.2, 0.25) is 11.9 Å². The van der Waals surface area contributed by atoms with Crippen molar-refractivity contribution in [3.63, 3.8) is 0 Å². The number of carbonyl (C=O) groups is 2. The van der Waals surface area contributed by atoms with E-state index >= 15 is 0 Å². The van der Waals surface area contributed by atoms with E-state index in [2.05, 4.69) is 44.2 Å². The number of aryl methyl sites for hydroxylation is 1. The number of hydrogen-bond donors (Lipinski definition) is 3. The molecular weight excluding hydrogens is 548 g/mol. The van der Waals surface area contributed by atoms with E-state index in [-0.39, 0.29) is 6.61 Å². The smallest absolute Gasteiger partial charge is 0.408 e. The lowest BCUT2D eigenvalue weighted by molar-refractivity contribution is -0.111. The van der Waals surface area contributed by atoms with Gasteiger partial charge < -0.3 is 34.7 Å². The van der Waals surface area contributed by atoms with E-state index < -0.39 is 23.1 Å². The molecule has 43 heavy (non-hydrogen) atoms. The first kappa shape index (κ1) is 29.4. The van der Waals surface area contributed by atoms with Gasteiger partial charge in [-0.05, 0) is 57.9 Å². The van der Waals surface area contributed by atoms with Crippen molar-refractivity contribution in [1.82, 2.24) is 19.9 Å². The van der Waals surface area contributed by atoms with Crippen LogP contribution in [0.2, 0.25) is 0 Å². The molecule has 2 amide bonds. The second-order valence-corrected chi connectivity index (χ2v) is 11.5. The first-order valence-electron chi connectivity index (χ1n) is 13.9. The normalized spacial score (nSPS) is 13.6. The van der Waals surface area contributed by atoms with Crippen molar-refractivity contribution in [3.8, 4) is 22.8 Å². The number of alkyl carbamates (subject to hydrolysis) is 1. The summed E-state index contributed by atoms with van der Waals surface area (Å²) in [6.45, 7) is 9.16. The summed E-state index contributed by atoms with van der Waals surface area (Å²) >= 11 is 0. The molecule has 2 aromatic carbocycles. The molecule has 1 aliphatic rings. The first-order chi connectivity index (χ1) is 20.5. The molecule has 0 bridgehead atoms. The lowest BCUT2D eigenvalue weighted by atomic mass is 10.1. The van der Waals surface area contributed by atoms with E-state index in [0.717, 1.165) is 35.0 Å². The van der Waals surface area contributed by atoms with Gasteiger partial charge in [-0.15, -0.1) is 0 Å². The molecule has 0 unspecified atom stereocenters. The lowest BCUT2D eigenvalue weighted by Crippen LogP contribution is -2.44. The average molecular weight is 585 g/mol. The number of aromatic nitrogens is 3. The van der Waals surface area contributed by atoms with Gasteiger partial charge in [0.1, 0.15) is 23.7 Å². The summed E-state index contributed by atoms with van der Waals surface area (Å²) in [5.41, 5.74) is 2.55. The van der Waals surface area contributed by atoms with E-state index in [1.807, 2.05) is 52.2 Å². The van der Waals surface area contributed by atoms with Crippen LogP contribution >= 0.6 is 0 Å². The number of carbonyl (C=O) groups excluding carboxylic acids is 2. The van der Waals surface area contributed by atoms with Crippen LogP contribution in [0, 0.1) is 0 Å². The van der Waals surface area contributed by atoms with Crippen LogP contribution in [0.3, 0.4) is 0 Å². The highest BCUT2D eigenvalue weighted by Gasteiger charge is 2.46. The number of hydrogen-bond acceptors (Lipinski definition) is 8. The molecule has 2 heterocycles. The number of fused-ring (bicyclic) bond motifs is 1. The van der Waals surface area contributed by atoms with Gasteiger partial charge in [0, 0.05) is 42.0 Å². The van der Waals surface area contributed by atoms with E-state index in [0.29, 0.717) is 28.8 Å². The molecule has 0 spiro atoms. The molecular formula is C32H36N6O5. The first-order valence-corrected chi connectivity index (χ1v) is 13.9. The Hall–Kier alpha value is -5.06. The zero-order valence-electron chi connectivity index (χ0n) is 25.0. The Labute approximate surface area is 250 Å². The molecule has 0 atom stereocenters. The zero-order valence-corrected chi connectivity index (χ0v) is 25.0. The molecule has 11 heteroatoms. The minimum atomic E-state index is -0.614. The molecule has 4 aromatic rings. The van der Waals surface area contributed by atoms with Crippen molar-refractivity contribution in [2.45, 2.75) is 44.8 Å². The summed E-state index contributed by atoms with van der Waals surface area (Å²) in [4.78, 5) is 33.9. The molecule has 0 aliphatic heterocycles. The predicted molar refractivity (Wildman–Crippen MR) is 166 cm³/mol. The van der Waals surface area contributed by atoms with Crippen molar-refractivity contribution in [2.75, 3.05) is 24.4 Å². The van der Waals surface area contributed by atoms with Gasteiger partial charge in [-0.3, -0.25) is 4.79 Å². The van der Waals surface area contributed by atoms with Crippen LogP contribution < -0.4 is 25.4 Å². The molecule has 1 saturated carbocycles.